The number of nitrogens with zero attached hydrogens (tertiary/aromatic N) is 1. The number of aromatic nitrogens is 1. The zero-order chi connectivity index (χ0) is 19.5. The quantitative estimate of drug-likeness (QED) is 0.610. The van der Waals surface area contributed by atoms with Crippen molar-refractivity contribution in [1.29, 1.82) is 0 Å². The van der Waals surface area contributed by atoms with Gasteiger partial charge in [-0.15, -0.1) is 0 Å². The van der Waals surface area contributed by atoms with Crippen molar-refractivity contribution in [2.24, 2.45) is 0 Å². The Morgan fingerprint density at radius 2 is 1.92 bits per heavy atom. The molecule has 146 valence electrons. The van der Waals surface area contributed by atoms with Gasteiger partial charge < -0.3 is 14.9 Å². The average Bonchev–Trinajstić information content (AvgIpc) is 3.12. The van der Waals surface area contributed by atoms with Crippen molar-refractivity contribution < 1.29 is 27.6 Å². The number of aryl methyl sites for hydroxylation is 2. The van der Waals surface area contributed by atoms with Crippen LogP contribution in [0.5, 0.6) is 0 Å². The van der Waals surface area contributed by atoms with Crippen LogP contribution < -0.4 is 10.0 Å². The molecule has 1 fully saturated rings. The molecule has 26 heavy (non-hydrogen) atoms. The normalized spacial score (nSPS) is 17.8. The molecule has 1 saturated carbocycles. The maximum absolute atomic E-state index is 12.8. The monoisotopic (exact) mass is 387 g/mol. The molecule has 0 bridgehead atoms. The summed E-state index contributed by atoms with van der Waals surface area (Å²) in [6.07, 6.45) is 2.41. The van der Waals surface area contributed by atoms with E-state index < -0.39 is 27.4 Å². The zero-order valence-electron chi connectivity index (χ0n) is 15.2. The van der Waals surface area contributed by atoms with E-state index in [1.807, 2.05) is 0 Å². The van der Waals surface area contributed by atoms with Gasteiger partial charge >= 0.3 is 5.97 Å². The number of carbonyl (C=O) groups excluding carboxylic acids is 1. The van der Waals surface area contributed by atoms with Crippen LogP contribution in [0.2, 0.25) is 0 Å². The minimum Gasteiger partial charge on any atom is -0.481 e. The molecule has 0 radical (unpaired) electrons. The Balaban J connectivity index is 2.19. The minimum atomic E-state index is -3.99. The van der Waals surface area contributed by atoms with Crippen LogP contribution in [0.3, 0.4) is 0 Å². The van der Waals surface area contributed by atoms with Gasteiger partial charge in [0.15, 0.2) is 5.76 Å². The molecule has 1 aliphatic rings. The molecule has 3 N–H and O–H groups in total. The summed E-state index contributed by atoms with van der Waals surface area (Å²) in [6, 6.07) is -0.375. The topological polar surface area (TPSA) is 139 Å². The maximum atomic E-state index is 12.8. The van der Waals surface area contributed by atoms with Gasteiger partial charge in [-0.1, -0.05) is 18.0 Å². The number of carboxylic acid groups (broad SMARTS) is 1. The number of nitrogens with one attached hydrogen (secondary N) is 2. The van der Waals surface area contributed by atoms with Crippen LogP contribution in [0.4, 0.5) is 0 Å². The first-order chi connectivity index (χ1) is 12.1. The van der Waals surface area contributed by atoms with Gasteiger partial charge in [0.25, 0.3) is 0 Å². The van der Waals surface area contributed by atoms with E-state index in [-0.39, 0.29) is 35.2 Å². The van der Waals surface area contributed by atoms with Crippen molar-refractivity contribution in [3.05, 3.63) is 11.5 Å². The van der Waals surface area contributed by atoms with Gasteiger partial charge in [-0.05, 0) is 40.0 Å². The second-order valence-electron chi connectivity index (χ2n) is 6.85. The van der Waals surface area contributed by atoms with Gasteiger partial charge in [0.2, 0.25) is 15.9 Å². The number of carboxylic acids is 1. The SMILES string of the molecule is Cc1noc(C)c1S(=O)(=O)NC1(C(=O)NC(C)CCC(=O)O)CCCC1. The lowest BCUT2D eigenvalue weighted by Gasteiger charge is -2.30. The first-order valence-corrected chi connectivity index (χ1v) is 10.1. The van der Waals surface area contributed by atoms with Crippen LogP contribution in [-0.2, 0) is 19.6 Å². The van der Waals surface area contributed by atoms with E-state index in [2.05, 4.69) is 15.2 Å². The molecule has 1 heterocycles. The predicted molar refractivity (Wildman–Crippen MR) is 92.0 cm³/mol. The van der Waals surface area contributed by atoms with Crippen molar-refractivity contribution in [1.82, 2.24) is 15.2 Å². The molecule has 1 atom stereocenters. The molecule has 2 rings (SSSR count). The van der Waals surface area contributed by atoms with Gasteiger partial charge in [0.05, 0.1) is 0 Å². The first kappa shape index (κ1) is 20.4. The van der Waals surface area contributed by atoms with Crippen molar-refractivity contribution in [3.8, 4) is 0 Å². The molecule has 9 nitrogen and oxygen atoms in total. The van der Waals surface area contributed by atoms with E-state index in [0.717, 1.165) is 12.8 Å². The summed E-state index contributed by atoms with van der Waals surface area (Å²) in [5.41, 5.74) is -1.01. The molecule has 0 aliphatic heterocycles. The Morgan fingerprint density at radius 1 is 1.31 bits per heavy atom. The lowest BCUT2D eigenvalue weighted by Crippen LogP contribution is -2.58. The fourth-order valence-corrected chi connectivity index (χ4v) is 5.05. The van der Waals surface area contributed by atoms with Crippen LogP contribution in [-0.4, -0.2) is 42.1 Å². The van der Waals surface area contributed by atoms with E-state index in [4.69, 9.17) is 9.63 Å². The summed E-state index contributed by atoms with van der Waals surface area (Å²) in [7, 11) is -3.99. The standard InChI is InChI=1S/C16H25N3O6S/c1-10(6-7-13(20)21)17-15(22)16(8-4-5-9-16)19-26(23,24)14-11(2)18-25-12(14)3/h10,19H,4-9H2,1-3H3,(H,17,22)(H,20,21). The fourth-order valence-electron chi connectivity index (χ4n) is 3.29. The van der Waals surface area contributed by atoms with Crippen molar-refractivity contribution in [2.45, 2.75) is 75.8 Å². The zero-order valence-corrected chi connectivity index (χ0v) is 16.0. The van der Waals surface area contributed by atoms with Gasteiger partial charge in [0.1, 0.15) is 16.1 Å². The smallest absolute Gasteiger partial charge is 0.303 e. The van der Waals surface area contributed by atoms with Gasteiger partial charge in [-0.3, -0.25) is 9.59 Å². The molecular weight excluding hydrogens is 362 g/mol. The number of amides is 1. The lowest BCUT2D eigenvalue weighted by atomic mass is 9.97. The van der Waals surface area contributed by atoms with Gasteiger partial charge in [-0.25, -0.2) is 8.42 Å². The van der Waals surface area contributed by atoms with Gasteiger partial charge in [0, 0.05) is 12.5 Å². The third kappa shape index (κ3) is 4.42. The molecular formula is C16H25N3O6S. The molecule has 1 aromatic rings. The Bertz CT molecular complexity index is 760. The molecule has 0 spiro atoms. The van der Waals surface area contributed by atoms with Crippen LogP contribution in [0.1, 0.15) is 56.9 Å². The second-order valence-corrected chi connectivity index (χ2v) is 8.47. The summed E-state index contributed by atoms with van der Waals surface area (Å²) in [6.45, 7) is 4.73. The van der Waals surface area contributed by atoms with Crippen LogP contribution in [0, 0.1) is 13.8 Å². The Labute approximate surface area is 152 Å². The number of aliphatic carboxylic acids is 1. The molecule has 1 aromatic heterocycles. The number of carbonyl (C=O) groups is 2. The highest BCUT2D eigenvalue weighted by atomic mass is 32.2. The van der Waals surface area contributed by atoms with Crippen LogP contribution >= 0.6 is 0 Å². The molecule has 1 aliphatic carbocycles. The minimum absolute atomic E-state index is 0.0458. The van der Waals surface area contributed by atoms with E-state index in [1.54, 1.807) is 6.92 Å². The number of sulfonamides is 1. The Morgan fingerprint density at radius 3 is 2.42 bits per heavy atom. The first-order valence-electron chi connectivity index (χ1n) is 8.57. The number of rotatable bonds is 8. The number of hydrogen-bond donors (Lipinski definition) is 3. The number of hydrogen-bond acceptors (Lipinski definition) is 6. The summed E-state index contributed by atoms with van der Waals surface area (Å²) < 4.78 is 33.2. The lowest BCUT2D eigenvalue weighted by molar-refractivity contribution is -0.137. The van der Waals surface area contributed by atoms with Crippen molar-refractivity contribution in [3.63, 3.8) is 0 Å². The van der Waals surface area contributed by atoms with E-state index in [0.29, 0.717) is 12.8 Å². The summed E-state index contributed by atoms with van der Waals surface area (Å²) in [5, 5.41) is 15.2. The van der Waals surface area contributed by atoms with E-state index >= 15 is 0 Å². The fraction of sp³-hybridized carbons (Fsp3) is 0.688. The van der Waals surface area contributed by atoms with E-state index in [9.17, 15) is 18.0 Å². The molecule has 1 amide bonds. The summed E-state index contributed by atoms with van der Waals surface area (Å²) >= 11 is 0. The van der Waals surface area contributed by atoms with Gasteiger partial charge in [-0.2, -0.15) is 4.72 Å². The molecule has 10 heteroatoms. The highest BCUT2D eigenvalue weighted by Gasteiger charge is 2.45. The maximum Gasteiger partial charge on any atom is 0.303 e. The van der Waals surface area contributed by atoms with Crippen molar-refractivity contribution >= 4 is 21.9 Å². The van der Waals surface area contributed by atoms with Crippen molar-refractivity contribution in [2.75, 3.05) is 0 Å². The van der Waals surface area contributed by atoms with E-state index in [1.165, 1.54) is 13.8 Å². The highest BCUT2D eigenvalue weighted by Crippen LogP contribution is 2.33. The molecule has 0 aromatic carbocycles. The summed E-state index contributed by atoms with van der Waals surface area (Å²) in [4.78, 5) is 23.4. The predicted octanol–water partition coefficient (Wildman–Crippen LogP) is 1.25. The third-order valence-corrected chi connectivity index (χ3v) is 6.41. The molecule has 1 unspecified atom stereocenters. The molecule has 0 saturated heterocycles. The highest BCUT2D eigenvalue weighted by molar-refractivity contribution is 7.89. The summed E-state index contributed by atoms with van der Waals surface area (Å²) in [5.74, 6) is -1.21. The Kier molecular flexibility index (Phi) is 6.07. The average molecular weight is 387 g/mol. The largest absolute Gasteiger partial charge is 0.481 e. The van der Waals surface area contributed by atoms with Crippen LogP contribution in [0.25, 0.3) is 0 Å². The third-order valence-electron chi connectivity index (χ3n) is 4.63. The second kappa shape index (κ2) is 7.75. The Hall–Kier alpha value is -1.94. The van der Waals surface area contributed by atoms with Crippen LogP contribution in [0.15, 0.2) is 9.42 Å².